The molecule has 0 radical (unpaired) electrons. The topological polar surface area (TPSA) is 20.3 Å². The molecule has 0 atom stereocenters. The van der Waals surface area contributed by atoms with Gasteiger partial charge in [0.2, 0.25) is 5.91 Å². The zero-order chi connectivity index (χ0) is 13.0. The van der Waals surface area contributed by atoms with Crippen molar-refractivity contribution in [1.29, 1.82) is 0 Å². The van der Waals surface area contributed by atoms with Crippen molar-refractivity contribution in [1.82, 2.24) is 4.90 Å². The van der Waals surface area contributed by atoms with Crippen LogP contribution < -0.4 is 0 Å². The summed E-state index contributed by atoms with van der Waals surface area (Å²) in [7, 11) is 0. The Labute approximate surface area is 108 Å². The Balaban J connectivity index is 1.87. The first kappa shape index (κ1) is 13.1. The number of amides is 1. The third-order valence-corrected chi connectivity index (χ3v) is 3.74. The molecule has 0 aromatic heterocycles. The summed E-state index contributed by atoms with van der Waals surface area (Å²) in [5.41, 5.74) is 0.803. The number of carbonyl (C=O) groups excluding carboxylic acids is 1. The summed E-state index contributed by atoms with van der Waals surface area (Å²) in [6.07, 6.45) is 3.35. The minimum atomic E-state index is -0.107. The van der Waals surface area contributed by atoms with Crippen LogP contribution in [0.1, 0.15) is 31.7 Å². The SMILES string of the molecule is CCC(=O)N1CCC(Cc2ccccc2F)CC1. The molecule has 1 aromatic carbocycles. The summed E-state index contributed by atoms with van der Waals surface area (Å²) in [5, 5.41) is 0. The standard InChI is InChI=1S/C15H20FNO/c1-2-15(18)17-9-7-12(8-10-17)11-13-5-3-4-6-14(13)16/h3-6,12H,2,7-11H2,1H3. The molecule has 0 unspecified atom stereocenters. The zero-order valence-corrected chi connectivity index (χ0v) is 10.9. The van der Waals surface area contributed by atoms with Crippen LogP contribution in [0.4, 0.5) is 4.39 Å². The highest BCUT2D eigenvalue weighted by molar-refractivity contribution is 5.75. The predicted molar refractivity (Wildman–Crippen MR) is 69.7 cm³/mol. The molecular formula is C15H20FNO. The molecule has 1 saturated heterocycles. The predicted octanol–water partition coefficient (Wildman–Crippen LogP) is 3.02. The summed E-state index contributed by atoms with van der Waals surface area (Å²) in [6, 6.07) is 6.99. The van der Waals surface area contributed by atoms with Crippen molar-refractivity contribution in [3.8, 4) is 0 Å². The number of likely N-dealkylation sites (tertiary alicyclic amines) is 1. The lowest BCUT2D eigenvalue weighted by molar-refractivity contribution is -0.132. The molecule has 0 spiro atoms. The lowest BCUT2D eigenvalue weighted by atomic mass is 9.90. The van der Waals surface area contributed by atoms with Gasteiger partial charge in [0, 0.05) is 19.5 Å². The molecule has 2 rings (SSSR count). The van der Waals surface area contributed by atoms with E-state index in [1.165, 1.54) is 6.07 Å². The molecule has 1 aliphatic heterocycles. The number of benzene rings is 1. The normalized spacial score (nSPS) is 16.9. The van der Waals surface area contributed by atoms with Crippen molar-refractivity contribution in [2.24, 2.45) is 5.92 Å². The molecule has 0 bridgehead atoms. The Morgan fingerprint density at radius 1 is 1.33 bits per heavy atom. The van der Waals surface area contributed by atoms with Crippen LogP contribution >= 0.6 is 0 Å². The summed E-state index contributed by atoms with van der Waals surface area (Å²) in [4.78, 5) is 13.5. The summed E-state index contributed by atoms with van der Waals surface area (Å²) in [6.45, 7) is 3.55. The van der Waals surface area contributed by atoms with Gasteiger partial charge >= 0.3 is 0 Å². The molecule has 1 fully saturated rings. The molecule has 0 aliphatic carbocycles. The fourth-order valence-corrected chi connectivity index (χ4v) is 2.59. The van der Waals surface area contributed by atoms with Crippen LogP contribution in [0.15, 0.2) is 24.3 Å². The van der Waals surface area contributed by atoms with E-state index in [2.05, 4.69) is 0 Å². The van der Waals surface area contributed by atoms with E-state index in [0.29, 0.717) is 12.3 Å². The second-order valence-corrected chi connectivity index (χ2v) is 4.97. The van der Waals surface area contributed by atoms with E-state index in [0.717, 1.165) is 37.9 Å². The van der Waals surface area contributed by atoms with Crippen LogP contribution in [0.25, 0.3) is 0 Å². The first-order valence-electron chi connectivity index (χ1n) is 6.72. The largest absolute Gasteiger partial charge is 0.343 e. The van der Waals surface area contributed by atoms with Gasteiger partial charge in [0.25, 0.3) is 0 Å². The van der Waals surface area contributed by atoms with Crippen LogP contribution in [-0.4, -0.2) is 23.9 Å². The Morgan fingerprint density at radius 3 is 2.61 bits per heavy atom. The molecule has 0 N–H and O–H groups in total. The fraction of sp³-hybridized carbons (Fsp3) is 0.533. The van der Waals surface area contributed by atoms with Crippen LogP contribution in [0.3, 0.4) is 0 Å². The van der Waals surface area contributed by atoms with Gasteiger partial charge in [-0.25, -0.2) is 4.39 Å². The van der Waals surface area contributed by atoms with E-state index < -0.39 is 0 Å². The third kappa shape index (κ3) is 3.09. The van der Waals surface area contributed by atoms with E-state index in [1.807, 2.05) is 24.0 Å². The highest BCUT2D eigenvalue weighted by atomic mass is 19.1. The van der Waals surface area contributed by atoms with Gasteiger partial charge in [-0.2, -0.15) is 0 Å². The molecule has 1 amide bonds. The number of nitrogens with zero attached hydrogens (tertiary/aromatic N) is 1. The molecule has 98 valence electrons. The maximum Gasteiger partial charge on any atom is 0.222 e. The van der Waals surface area contributed by atoms with Gasteiger partial charge < -0.3 is 4.90 Å². The van der Waals surface area contributed by atoms with Crippen LogP contribution in [0.5, 0.6) is 0 Å². The number of piperidine rings is 1. The summed E-state index contributed by atoms with van der Waals surface area (Å²) in [5.74, 6) is 0.631. The average molecular weight is 249 g/mol. The van der Waals surface area contributed by atoms with E-state index in [1.54, 1.807) is 6.07 Å². The highest BCUT2D eigenvalue weighted by Gasteiger charge is 2.22. The van der Waals surface area contributed by atoms with Crippen molar-refractivity contribution >= 4 is 5.91 Å². The molecule has 3 heteroatoms. The Kier molecular flexibility index (Phi) is 4.34. The highest BCUT2D eigenvalue weighted by Crippen LogP contribution is 2.23. The smallest absolute Gasteiger partial charge is 0.222 e. The third-order valence-electron chi connectivity index (χ3n) is 3.74. The number of hydrogen-bond donors (Lipinski definition) is 0. The van der Waals surface area contributed by atoms with Crippen molar-refractivity contribution in [2.75, 3.05) is 13.1 Å². The number of halogens is 1. The van der Waals surface area contributed by atoms with Crippen LogP contribution in [-0.2, 0) is 11.2 Å². The maximum absolute atomic E-state index is 13.5. The number of carbonyl (C=O) groups is 1. The average Bonchev–Trinajstić information content (AvgIpc) is 2.41. The molecule has 0 saturated carbocycles. The van der Waals surface area contributed by atoms with Gasteiger partial charge in [-0.05, 0) is 36.8 Å². The lowest BCUT2D eigenvalue weighted by Crippen LogP contribution is -2.38. The number of hydrogen-bond acceptors (Lipinski definition) is 1. The second kappa shape index (κ2) is 5.98. The summed E-state index contributed by atoms with van der Waals surface area (Å²) >= 11 is 0. The molecule has 1 aromatic rings. The van der Waals surface area contributed by atoms with E-state index in [-0.39, 0.29) is 11.7 Å². The monoisotopic (exact) mass is 249 g/mol. The lowest BCUT2D eigenvalue weighted by Gasteiger charge is -2.32. The maximum atomic E-state index is 13.5. The molecule has 18 heavy (non-hydrogen) atoms. The van der Waals surface area contributed by atoms with E-state index in [9.17, 15) is 9.18 Å². The van der Waals surface area contributed by atoms with Crippen molar-refractivity contribution in [3.05, 3.63) is 35.6 Å². The van der Waals surface area contributed by atoms with Crippen molar-refractivity contribution in [3.63, 3.8) is 0 Å². The van der Waals surface area contributed by atoms with Gasteiger partial charge in [0.1, 0.15) is 5.82 Å². The zero-order valence-electron chi connectivity index (χ0n) is 10.9. The minimum Gasteiger partial charge on any atom is -0.343 e. The first-order valence-corrected chi connectivity index (χ1v) is 6.72. The van der Waals surface area contributed by atoms with Crippen LogP contribution in [0.2, 0.25) is 0 Å². The minimum absolute atomic E-state index is 0.107. The van der Waals surface area contributed by atoms with Gasteiger partial charge in [-0.15, -0.1) is 0 Å². The van der Waals surface area contributed by atoms with Crippen molar-refractivity contribution < 1.29 is 9.18 Å². The van der Waals surface area contributed by atoms with E-state index >= 15 is 0 Å². The molecule has 1 aliphatic rings. The van der Waals surface area contributed by atoms with Gasteiger partial charge in [0.15, 0.2) is 0 Å². The Hall–Kier alpha value is -1.38. The van der Waals surface area contributed by atoms with Gasteiger partial charge in [0.05, 0.1) is 0 Å². The first-order chi connectivity index (χ1) is 8.70. The van der Waals surface area contributed by atoms with Crippen LogP contribution in [0, 0.1) is 11.7 Å². The summed E-state index contributed by atoms with van der Waals surface area (Å²) < 4.78 is 13.5. The van der Waals surface area contributed by atoms with E-state index in [4.69, 9.17) is 0 Å². The van der Waals surface area contributed by atoms with Gasteiger partial charge in [-0.3, -0.25) is 4.79 Å². The quantitative estimate of drug-likeness (QED) is 0.806. The molecule has 2 nitrogen and oxygen atoms in total. The Morgan fingerprint density at radius 2 is 2.00 bits per heavy atom. The number of rotatable bonds is 3. The van der Waals surface area contributed by atoms with Crippen molar-refractivity contribution in [2.45, 2.75) is 32.6 Å². The molecular weight excluding hydrogens is 229 g/mol. The molecule has 1 heterocycles. The Bertz CT molecular complexity index is 411. The second-order valence-electron chi connectivity index (χ2n) is 4.97. The van der Waals surface area contributed by atoms with Gasteiger partial charge in [-0.1, -0.05) is 25.1 Å². The fourth-order valence-electron chi connectivity index (χ4n) is 2.59.